The number of aryl methyl sites for hydroxylation is 1. The molecule has 7 rings (SSSR count). The zero-order valence-electron chi connectivity index (χ0n) is 35.5. The summed E-state index contributed by atoms with van der Waals surface area (Å²) in [5.41, 5.74) is 12.8. The molecule has 1 heterocycles. The summed E-state index contributed by atoms with van der Waals surface area (Å²) in [5, 5.41) is 26.4. The molecule has 1 saturated heterocycles. The molecule has 11 heteroatoms. The number of methoxy groups -OCH3 is 1. The third-order valence-electron chi connectivity index (χ3n) is 13.2. The lowest BCUT2D eigenvalue weighted by atomic mass is 9.45. The van der Waals surface area contributed by atoms with Crippen molar-refractivity contribution in [3.05, 3.63) is 83.4 Å². The SMILES string of the molecule is COc1c(CN2O[C@@H](CO)[C@@H]([C@H](C)O)[C@H]2C(=O)N[C@H]2C[C@H]3C[C@@H]([C@@H]2C)C3(C)C)cccc1-c1cc(C(N)=N[C@@H](CCc2ccccc2)CN(C)C)cc(N(C)C)c1. The van der Waals surface area contributed by atoms with Crippen molar-refractivity contribution in [1.82, 2.24) is 15.3 Å². The molecule has 0 unspecified atom stereocenters. The predicted octanol–water partition coefficient (Wildman–Crippen LogP) is 5.36. The molecule has 57 heavy (non-hydrogen) atoms. The van der Waals surface area contributed by atoms with Gasteiger partial charge in [0, 0.05) is 55.0 Å². The van der Waals surface area contributed by atoms with Crippen LogP contribution in [0.1, 0.15) is 63.6 Å². The Kier molecular flexibility index (Phi) is 13.4. The molecule has 0 radical (unpaired) electrons. The van der Waals surface area contributed by atoms with Gasteiger partial charge in [0.25, 0.3) is 0 Å². The molecule has 3 aromatic carbocycles. The van der Waals surface area contributed by atoms with Crippen LogP contribution in [0.25, 0.3) is 11.1 Å². The van der Waals surface area contributed by atoms with E-state index >= 15 is 0 Å². The topological polar surface area (TPSA) is 136 Å². The molecule has 0 aromatic heterocycles. The van der Waals surface area contributed by atoms with Gasteiger partial charge in [-0.25, -0.2) is 0 Å². The average molecular weight is 783 g/mol. The van der Waals surface area contributed by atoms with E-state index in [1.807, 2.05) is 43.3 Å². The van der Waals surface area contributed by atoms with Crippen molar-refractivity contribution in [2.24, 2.45) is 39.8 Å². The lowest BCUT2D eigenvalue weighted by Crippen LogP contribution is -2.62. The van der Waals surface area contributed by atoms with Gasteiger partial charge in [0.1, 0.15) is 23.7 Å². The fourth-order valence-corrected chi connectivity index (χ4v) is 9.87. The first-order valence-corrected chi connectivity index (χ1v) is 20.7. The molecule has 9 atom stereocenters. The fourth-order valence-electron chi connectivity index (χ4n) is 9.87. The van der Waals surface area contributed by atoms with Crippen LogP contribution in [0.4, 0.5) is 5.69 Å². The van der Waals surface area contributed by atoms with Crippen molar-refractivity contribution in [3.8, 4) is 16.9 Å². The van der Waals surface area contributed by atoms with E-state index in [1.165, 1.54) is 12.0 Å². The Morgan fingerprint density at radius 1 is 1.09 bits per heavy atom. The number of hydrogen-bond donors (Lipinski definition) is 4. The second kappa shape index (κ2) is 17.9. The second-order valence-electron chi connectivity index (χ2n) is 17.9. The lowest BCUT2D eigenvalue weighted by Gasteiger charge is -2.62. The second-order valence-corrected chi connectivity index (χ2v) is 17.9. The van der Waals surface area contributed by atoms with Crippen LogP contribution in [0.2, 0.25) is 0 Å². The van der Waals surface area contributed by atoms with Gasteiger partial charge in [-0.1, -0.05) is 69.3 Å². The summed E-state index contributed by atoms with van der Waals surface area (Å²) in [6.45, 7) is 9.26. The number of benzene rings is 3. The highest BCUT2D eigenvalue weighted by molar-refractivity contribution is 6.00. The summed E-state index contributed by atoms with van der Waals surface area (Å²) >= 11 is 0. The molecule has 1 aliphatic heterocycles. The van der Waals surface area contributed by atoms with E-state index in [2.05, 4.69) is 87.5 Å². The number of amides is 1. The van der Waals surface area contributed by atoms with E-state index in [9.17, 15) is 15.0 Å². The minimum atomic E-state index is -0.887. The van der Waals surface area contributed by atoms with Crippen LogP contribution >= 0.6 is 0 Å². The van der Waals surface area contributed by atoms with E-state index in [4.69, 9.17) is 20.3 Å². The number of hydroxylamine groups is 2. The minimum absolute atomic E-state index is 0.00205. The van der Waals surface area contributed by atoms with E-state index < -0.39 is 24.2 Å². The zero-order chi connectivity index (χ0) is 41.2. The van der Waals surface area contributed by atoms with Crippen LogP contribution in [-0.4, -0.2) is 111 Å². The number of carbonyl (C=O) groups is 1. The van der Waals surface area contributed by atoms with Gasteiger partial charge in [0.2, 0.25) is 5.91 Å². The van der Waals surface area contributed by atoms with Crippen molar-refractivity contribution in [3.63, 3.8) is 0 Å². The van der Waals surface area contributed by atoms with Gasteiger partial charge in [-0.15, -0.1) is 0 Å². The van der Waals surface area contributed by atoms with Crippen molar-refractivity contribution >= 4 is 17.4 Å². The normalized spacial score (nSPS) is 26.8. The van der Waals surface area contributed by atoms with Gasteiger partial charge in [0.15, 0.2) is 0 Å². The van der Waals surface area contributed by atoms with Gasteiger partial charge < -0.3 is 35.8 Å². The van der Waals surface area contributed by atoms with E-state index in [1.54, 1.807) is 19.1 Å². The number of aliphatic hydroxyl groups excluding tert-OH is 2. The number of para-hydroxylation sites is 1. The molecule has 5 N–H and O–H groups in total. The Bertz CT molecular complexity index is 1860. The van der Waals surface area contributed by atoms with E-state index in [-0.39, 0.29) is 36.6 Å². The van der Waals surface area contributed by atoms with E-state index in [0.717, 1.165) is 53.7 Å². The summed E-state index contributed by atoms with van der Waals surface area (Å²) in [5.74, 6) is 1.79. The number of amidine groups is 1. The molecule has 11 nitrogen and oxygen atoms in total. The molecule has 3 saturated carbocycles. The Labute approximate surface area is 340 Å². The number of hydrogen-bond acceptors (Lipinski definition) is 9. The summed E-state index contributed by atoms with van der Waals surface area (Å²) in [7, 11) is 9.77. The number of aliphatic imine (C=N–C) groups is 1. The number of nitrogens with two attached hydrogens (primary N) is 1. The predicted molar refractivity (Wildman–Crippen MR) is 228 cm³/mol. The number of ether oxygens (including phenoxy) is 1. The van der Waals surface area contributed by atoms with Crippen LogP contribution in [0.5, 0.6) is 5.75 Å². The highest BCUT2D eigenvalue weighted by atomic mass is 16.7. The van der Waals surface area contributed by atoms with Gasteiger partial charge in [-0.2, -0.15) is 5.06 Å². The molecule has 4 fully saturated rings. The molecule has 310 valence electrons. The number of carbonyl (C=O) groups excluding carboxylic acids is 1. The molecule has 3 aliphatic carbocycles. The Morgan fingerprint density at radius 2 is 1.82 bits per heavy atom. The first-order chi connectivity index (χ1) is 27.1. The lowest BCUT2D eigenvalue weighted by molar-refractivity contribution is -0.183. The molecular weight excluding hydrogens is 717 g/mol. The van der Waals surface area contributed by atoms with E-state index in [0.29, 0.717) is 29.3 Å². The zero-order valence-corrected chi connectivity index (χ0v) is 35.5. The number of fused-ring (bicyclic) bond motifs is 2. The van der Waals surface area contributed by atoms with Crippen molar-refractivity contribution in [1.29, 1.82) is 0 Å². The number of rotatable bonds is 16. The van der Waals surface area contributed by atoms with Gasteiger partial charge in [-0.3, -0.25) is 14.6 Å². The highest BCUT2D eigenvalue weighted by Gasteiger charge is 2.57. The number of nitrogens with zero attached hydrogens (tertiary/aromatic N) is 4. The van der Waals surface area contributed by atoms with Crippen LogP contribution in [0.3, 0.4) is 0 Å². The summed E-state index contributed by atoms with van der Waals surface area (Å²) < 4.78 is 6.16. The van der Waals surface area contributed by atoms with Crippen LogP contribution in [0.15, 0.2) is 71.7 Å². The molecular formula is C46H66N6O5. The van der Waals surface area contributed by atoms with Crippen molar-refractivity contribution in [2.75, 3.05) is 53.4 Å². The van der Waals surface area contributed by atoms with Crippen LogP contribution < -0.4 is 20.7 Å². The maximum Gasteiger partial charge on any atom is 0.240 e. The number of aliphatic hydroxyl groups is 2. The minimum Gasteiger partial charge on any atom is -0.496 e. The van der Waals surface area contributed by atoms with Crippen molar-refractivity contribution < 1.29 is 24.6 Å². The molecule has 0 spiro atoms. The summed E-state index contributed by atoms with van der Waals surface area (Å²) in [4.78, 5) is 29.9. The van der Waals surface area contributed by atoms with Gasteiger partial charge >= 0.3 is 0 Å². The molecule has 2 bridgehead atoms. The molecule has 1 amide bonds. The number of likely N-dealkylation sites (N-methyl/N-ethyl adjacent to an activating group) is 1. The quantitative estimate of drug-likeness (QED) is 0.112. The number of nitrogens with one attached hydrogen (secondary N) is 1. The highest BCUT2D eigenvalue weighted by Crippen LogP contribution is 2.61. The fraction of sp³-hybridized carbons (Fsp3) is 0.565. The Morgan fingerprint density at radius 3 is 2.44 bits per heavy atom. The van der Waals surface area contributed by atoms with Crippen LogP contribution in [-0.2, 0) is 22.6 Å². The van der Waals surface area contributed by atoms with Crippen molar-refractivity contribution in [2.45, 2.75) is 90.3 Å². The van der Waals surface area contributed by atoms with Crippen LogP contribution in [0, 0.1) is 29.1 Å². The Hall–Kier alpha value is -4.00. The first kappa shape index (κ1) is 42.6. The maximum absolute atomic E-state index is 14.3. The largest absolute Gasteiger partial charge is 0.496 e. The Balaban J connectivity index is 1.29. The van der Waals surface area contributed by atoms with Gasteiger partial charge in [0.05, 0.1) is 32.4 Å². The summed E-state index contributed by atoms with van der Waals surface area (Å²) in [6.07, 6.45) is 2.29. The number of anilines is 1. The van der Waals surface area contributed by atoms with Gasteiger partial charge in [-0.05, 0) is 99.2 Å². The third kappa shape index (κ3) is 9.18. The standard InChI is InChI=1S/C46H66N6O5/c1-28-38-23-34(46(38,3)4)24-39(28)49-45(55)42-41(29(2)54)40(27-53)57-52(42)25-31-16-13-17-37(43(31)56-9)32-20-33(22-36(21-32)51(7)8)44(47)48-35(26-50(5)6)19-18-30-14-11-10-12-15-30/h10-17,20-22,28-29,34-35,38-42,53-54H,18-19,23-27H2,1-9H3,(H2,47,48)(H,49,55)/t28-,29-,34+,35-,38-,39-,40-,41+,42-/m0/s1. The molecule has 3 aromatic rings. The third-order valence-corrected chi connectivity index (χ3v) is 13.2. The monoisotopic (exact) mass is 783 g/mol. The molecule has 4 aliphatic rings. The first-order valence-electron chi connectivity index (χ1n) is 20.7. The summed E-state index contributed by atoms with van der Waals surface area (Å²) in [6, 6.07) is 21.9. The average Bonchev–Trinajstić information content (AvgIpc) is 3.56. The maximum atomic E-state index is 14.3. The smallest absolute Gasteiger partial charge is 0.240 e.